The van der Waals surface area contributed by atoms with E-state index in [1.54, 1.807) is 9.56 Å². The molecule has 4 rings (SSSR count). The Balaban J connectivity index is 1.45. The van der Waals surface area contributed by atoms with Gasteiger partial charge < -0.3 is 4.74 Å². The molecule has 0 aliphatic carbocycles. The summed E-state index contributed by atoms with van der Waals surface area (Å²) in [6.07, 6.45) is 6.67. The minimum Gasteiger partial charge on any atom is -0.370 e. The number of aryl methyl sites for hydroxylation is 2. The summed E-state index contributed by atoms with van der Waals surface area (Å²) < 4.78 is 8.19. The second-order valence-corrected chi connectivity index (χ2v) is 8.87. The van der Waals surface area contributed by atoms with Crippen LogP contribution in [0.25, 0.3) is 0 Å². The number of piperidine rings is 1. The van der Waals surface area contributed by atoms with Crippen LogP contribution in [-0.2, 0) is 36.3 Å². The Hall–Kier alpha value is -1.75. The summed E-state index contributed by atoms with van der Waals surface area (Å²) in [5.41, 5.74) is 2.34. The highest BCUT2D eigenvalue weighted by Gasteiger charge is 2.44. The van der Waals surface area contributed by atoms with E-state index in [9.17, 15) is 0 Å². The fraction of sp³-hybridized carbons (Fsp3) is 0.650. The molecule has 6 nitrogen and oxygen atoms in total. The third kappa shape index (κ3) is 3.66. The van der Waals surface area contributed by atoms with Crippen LogP contribution in [-0.4, -0.2) is 39.1 Å². The second kappa shape index (κ2) is 7.70. The van der Waals surface area contributed by atoms with Crippen molar-refractivity contribution in [2.24, 2.45) is 0 Å². The highest BCUT2D eigenvalue weighted by molar-refractivity contribution is 7.12. The molecule has 0 unspecified atom stereocenters. The van der Waals surface area contributed by atoms with Crippen molar-refractivity contribution in [3.8, 4) is 6.07 Å². The monoisotopic (exact) mass is 385 g/mol. The van der Waals surface area contributed by atoms with Crippen molar-refractivity contribution in [3.63, 3.8) is 0 Å². The van der Waals surface area contributed by atoms with Crippen molar-refractivity contribution in [1.29, 1.82) is 5.26 Å². The Morgan fingerprint density at radius 2 is 2.37 bits per heavy atom. The van der Waals surface area contributed by atoms with E-state index in [-0.39, 0.29) is 5.60 Å². The summed E-state index contributed by atoms with van der Waals surface area (Å²) in [6, 6.07) is 4.98. The SMILES string of the molecule is CCc1cc2c(s1)CCO[C@@]21CCN(Cc2cn(CCC#N)nn2)[C@@H](C)C1. The average molecular weight is 386 g/mol. The summed E-state index contributed by atoms with van der Waals surface area (Å²) in [5, 5.41) is 17.1. The predicted octanol–water partition coefficient (Wildman–Crippen LogP) is 3.27. The van der Waals surface area contributed by atoms with Gasteiger partial charge in [-0.05, 0) is 37.8 Å². The van der Waals surface area contributed by atoms with Crippen LogP contribution in [0.4, 0.5) is 0 Å². The Morgan fingerprint density at radius 3 is 3.15 bits per heavy atom. The van der Waals surface area contributed by atoms with E-state index in [1.165, 1.54) is 10.4 Å². The second-order valence-electron chi connectivity index (χ2n) is 7.65. The number of nitriles is 1. The molecule has 7 heteroatoms. The van der Waals surface area contributed by atoms with Crippen LogP contribution in [0, 0.1) is 11.3 Å². The maximum Gasteiger partial charge on any atom is 0.0969 e. The number of hydrogen-bond acceptors (Lipinski definition) is 6. The molecule has 2 aromatic heterocycles. The molecule has 144 valence electrons. The predicted molar refractivity (Wildman–Crippen MR) is 104 cm³/mol. The van der Waals surface area contributed by atoms with E-state index in [4.69, 9.17) is 10.00 Å². The topological polar surface area (TPSA) is 67.0 Å². The van der Waals surface area contributed by atoms with Gasteiger partial charge in [0.15, 0.2) is 0 Å². The molecular formula is C20H27N5OS. The average Bonchev–Trinajstić information content (AvgIpc) is 3.30. The number of ether oxygens (including phenoxy) is 1. The lowest BCUT2D eigenvalue weighted by molar-refractivity contribution is -0.112. The molecule has 2 atom stereocenters. The standard InChI is InChI=1S/C20H27N5OS/c1-3-17-11-18-19(27-17)5-10-26-20(18)6-9-24(15(2)12-20)13-16-14-25(23-22-16)8-4-7-21/h11,14-15H,3-6,8-10,12-13H2,1-2H3/t15-,20+/m0/s1. The van der Waals surface area contributed by atoms with E-state index in [0.29, 0.717) is 19.0 Å². The zero-order valence-corrected chi connectivity index (χ0v) is 17.0. The maximum absolute atomic E-state index is 8.71. The Morgan fingerprint density at radius 1 is 1.48 bits per heavy atom. The fourth-order valence-electron chi connectivity index (χ4n) is 4.40. The third-order valence-corrected chi connectivity index (χ3v) is 7.20. The fourth-order valence-corrected chi connectivity index (χ4v) is 5.58. The highest BCUT2D eigenvalue weighted by atomic mass is 32.1. The Bertz CT molecular complexity index is 838. The molecule has 2 aromatic rings. The first-order valence-electron chi connectivity index (χ1n) is 9.89. The van der Waals surface area contributed by atoms with E-state index >= 15 is 0 Å². The van der Waals surface area contributed by atoms with Gasteiger partial charge in [-0.3, -0.25) is 9.58 Å². The van der Waals surface area contributed by atoms with Gasteiger partial charge in [0.25, 0.3) is 0 Å². The Labute approximate surface area is 164 Å². The number of likely N-dealkylation sites (tertiary alicyclic amines) is 1. The molecule has 0 N–H and O–H groups in total. The third-order valence-electron chi connectivity index (χ3n) is 5.86. The van der Waals surface area contributed by atoms with Crippen molar-refractivity contribution < 1.29 is 4.74 Å². The summed E-state index contributed by atoms with van der Waals surface area (Å²) in [6.45, 7) is 7.79. The van der Waals surface area contributed by atoms with Crippen LogP contribution >= 0.6 is 11.3 Å². The van der Waals surface area contributed by atoms with Gasteiger partial charge in [0.05, 0.1) is 36.9 Å². The molecule has 1 fully saturated rings. The molecule has 1 spiro atoms. The minimum atomic E-state index is -0.0994. The largest absolute Gasteiger partial charge is 0.370 e. The van der Waals surface area contributed by atoms with Crippen LogP contribution in [0.3, 0.4) is 0 Å². The van der Waals surface area contributed by atoms with E-state index in [1.807, 2.05) is 17.5 Å². The number of fused-ring (bicyclic) bond motifs is 2. The van der Waals surface area contributed by atoms with Gasteiger partial charge in [0.2, 0.25) is 0 Å². The smallest absolute Gasteiger partial charge is 0.0969 e. The maximum atomic E-state index is 8.71. The van der Waals surface area contributed by atoms with Gasteiger partial charge in [0, 0.05) is 41.5 Å². The molecule has 27 heavy (non-hydrogen) atoms. The van der Waals surface area contributed by atoms with Crippen LogP contribution in [0.1, 0.15) is 54.1 Å². The number of rotatable bonds is 5. The number of thiophene rings is 1. The van der Waals surface area contributed by atoms with E-state index in [2.05, 4.69) is 41.2 Å². The van der Waals surface area contributed by atoms with Crippen LogP contribution in [0.2, 0.25) is 0 Å². The van der Waals surface area contributed by atoms with Crippen LogP contribution in [0.15, 0.2) is 12.3 Å². The molecule has 0 bridgehead atoms. The zero-order chi connectivity index (χ0) is 18.9. The quantitative estimate of drug-likeness (QED) is 0.790. The lowest BCUT2D eigenvalue weighted by Crippen LogP contribution is -2.50. The number of hydrogen-bond donors (Lipinski definition) is 0. The van der Waals surface area contributed by atoms with Gasteiger partial charge in [0.1, 0.15) is 0 Å². The molecule has 1 saturated heterocycles. The summed E-state index contributed by atoms with van der Waals surface area (Å²) >= 11 is 1.98. The molecule has 2 aliphatic rings. The van der Waals surface area contributed by atoms with Crippen LogP contribution < -0.4 is 0 Å². The molecule has 0 saturated carbocycles. The lowest BCUT2D eigenvalue weighted by Gasteiger charge is -2.47. The molecule has 0 aromatic carbocycles. The normalized spacial score (nSPS) is 25.4. The molecule has 4 heterocycles. The highest BCUT2D eigenvalue weighted by Crippen LogP contribution is 2.46. The van der Waals surface area contributed by atoms with Crippen LogP contribution in [0.5, 0.6) is 0 Å². The van der Waals surface area contributed by atoms with Crippen molar-refractivity contribution >= 4 is 11.3 Å². The summed E-state index contributed by atoms with van der Waals surface area (Å²) in [7, 11) is 0. The van der Waals surface area contributed by atoms with Crippen molar-refractivity contribution in [3.05, 3.63) is 33.3 Å². The zero-order valence-electron chi connectivity index (χ0n) is 16.1. The minimum absolute atomic E-state index is 0.0994. The van der Waals surface area contributed by atoms with Gasteiger partial charge >= 0.3 is 0 Å². The first kappa shape index (κ1) is 18.6. The summed E-state index contributed by atoms with van der Waals surface area (Å²) in [4.78, 5) is 5.50. The van der Waals surface area contributed by atoms with Gasteiger partial charge in [-0.2, -0.15) is 5.26 Å². The van der Waals surface area contributed by atoms with Gasteiger partial charge in [-0.1, -0.05) is 12.1 Å². The van der Waals surface area contributed by atoms with Gasteiger partial charge in [-0.15, -0.1) is 16.4 Å². The summed E-state index contributed by atoms with van der Waals surface area (Å²) in [5.74, 6) is 0. The first-order valence-corrected chi connectivity index (χ1v) is 10.7. The molecule has 0 radical (unpaired) electrons. The molecule has 0 amide bonds. The van der Waals surface area contributed by atoms with E-state index in [0.717, 1.165) is 51.1 Å². The first-order chi connectivity index (χ1) is 13.1. The van der Waals surface area contributed by atoms with Crippen molar-refractivity contribution in [1.82, 2.24) is 19.9 Å². The Kier molecular flexibility index (Phi) is 5.31. The molecular weight excluding hydrogens is 358 g/mol. The molecule has 2 aliphatic heterocycles. The van der Waals surface area contributed by atoms with E-state index < -0.39 is 0 Å². The van der Waals surface area contributed by atoms with Crippen molar-refractivity contribution in [2.45, 2.75) is 70.7 Å². The number of aromatic nitrogens is 3. The van der Waals surface area contributed by atoms with Gasteiger partial charge in [-0.25, -0.2) is 0 Å². The lowest BCUT2D eigenvalue weighted by atomic mass is 9.79. The number of nitrogens with zero attached hydrogens (tertiary/aromatic N) is 5. The van der Waals surface area contributed by atoms with Crippen molar-refractivity contribution in [2.75, 3.05) is 13.2 Å².